The summed E-state index contributed by atoms with van der Waals surface area (Å²) in [6.45, 7) is 5.00. The number of rotatable bonds is 7. The molecule has 0 aliphatic heterocycles. The fraction of sp³-hybridized carbons (Fsp3) is 0.533. The summed E-state index contributed by atoms with van der Waals surface area (Å²) < 4.78 is 0. The number of para-hydroxylation sites is 1. The van der Waals surface area contributed by atoms with Gasteiger partial charge in [0.25, 0.3) is 5.91 Å². The average Bonchev–Trinajstić information content (AvgIpc) is 2.39. The topological polar surface area (TPSA) is 49.3 Å². The molecular formula is C15H23NO2. The molecule has 0 radical (unpaired) electrons. The van der Waals surface area contributed by atoms with Crippen molar-refractivity contribution < 1.29 is 9.90 Å². The predicted octanol–water partition coefficient (Wildman–Crippen LogP) is 3.34. The van der Waals surface area contributed by atoms with Crippen molar-refractivity contribution in [3.05, 3.63) is 29.8 Å². The lowest BCUT2D eigenvalue weighted by Crippen LogP contribution is -2.29. The molecule has 1 amide bonds. The zero-order valence-electron chi connectivity index (χ0n) is 11.3. The maximum Gasteiger partial charge on any atom is 0.255 e. The largest absolute Gasteiger partial charge is 0.507 e. The van der Waals surface area contributed by atoms with E-state index in [4.69, 9.17) is 0 Å². The molecule has 0 saturated heterocycles. The summed E-state index contributed by atoms with van der Waals surface area (Å²) in [6, 6.07) is 6.63. The Hall–Kier alpha value is -1.51. The average molecular weight is 249 g/mol. The number of hydrogen-bond acceptors (Lipinski definition) is 2. The molecule has 1 atom stereocenters. The lowest BCUT2D eigenvalue weighted by atomic mass is 9.99. The Morgan fingerprint density at radius 1 is 1.33 bits per heavy atom. The summed E-state index contributed by atoms with van der Waals surface area (Å²) in [4.78, 5) is 11.9. The number of phenolic OH excluding ortho intramolecular Hbond substituents is 1. The number of unbranched alkanes of at least 4 members (excludes halogenated alkanes) is 1. The summed E-state index contributed by atoms with van der Waals surface area (Å²) >= 11 is 0. The molecule has 0 unspecified atom stereocenters. The number of carbonyl (C=O) groups excluding carboxylic acids is 1. The molecule has 18 heavy (non-hydrogen) atoms. The van der Waals surface area contributed by atoms with E-state index in [0.717, 1.165) is 12.8 Å². The van der Waals surface area contributed by atoms with Gasteiger partial charge in [0.2, 0.25) is 0 Å². The molecule has 0 aliphatic carbocycles. The lowest BCUT2D eigenvalue weighted by Gasteiger charge is -2.15. The molecule has 1 aromatic rings. The van der Waals surface area contributed by atoms with Crippen molar-refractivity contribution in [3.63, 3.8) is 0 Å². The number of nitrogens with one attached hydrogen (secondary N) is 1. The van der Waals surface area contributed by atoms with Gasteiger partial charge in [-0.2, -0.15) is 0 Å². The maximum atomic E-state index is 11.9. The SMILES string of the molecule is CCCC[C@H](CC)CNC(=O)c1ccccc1O. The van der Waals surface area contributed by atoms with Gasteiger partial charge in [0.15, 0.2) is 0 Å². The highest BCUT2D eigenvalue weighted by Gasteiger charge is 2.12. The zero-order chi connectivity index (χ0) is 13.4. The molecule has 1 rings (SSSR count). The number of carbonyl (C=O) groups is 1. The number of benzene rings is 1. The fourth-order valence-corrected chi connectivity index (χ4v) is 1.94. The minimum Gasteiger partial charge on any atom is -0.507 e. The Morgan fingerprint density at radius 3 is 2.67 bits per heavy atom. The Balaban J connectivity index is 2.47. The third-order valence-electron chi connectivity index (χ3n) is 3.24. The van der Waals surface area contributed by atoms with E-state index >= 15 is 0 Å². The number of phenols is 1. The molecule has 0 bridgehead atoms. The second kappa shape index (κ2) is 7.75. The summed E-state index contributed by atoms with van der Waals surface area (Å²) in [5.74, 6) is 0.374. The number of hydrogen-bond donors (Lipinski definition) is 2. The van der Waals surface area contributed by atoms with E-state index in [9.17, 15) is 9.90 Å². The molecular weight excluding hydrogens is 226 g/mol. The highest BCUT2D eigenvalue weighted by atomic mass is 16.3. The van der Waals surface area contributed by atoms with Gasteiger partial charge in [-0.25, -0.2) is 0 Å². The monoisotopic (exact) mass is 249 g/mol. The molecule has 0 heterocycles. The first-order valence-electron chi connectivity index (χ1n) is 6.75. The molecule has 0 fully saturated rings. The van der Waals surface area contributed by atoms with Crippen molar-refractivity contribution in [2.24, 2.45) is 5.92 Å². The molecule has 0 aromatic heterocycles. The van der Waals surface area contributed by atoms with Crippen LogP contribution in [-0.2, 0) is 0 Å². The Labute approximate surface area is 109 Å². The van der Waals surface area contributed by atoms with Gasteiger partial charge >= 0.3 is 0 Å². The highest BCUT2D eigenvalue weighted by molar-refractivity contribution is 5.96. The summed E-state index contributed by atoms with van der Waals surface area (Å²) in [7, 11) is 0. The molecule has 0 spiro atoms. The van der Waals surface area contributed by atoms with Crippen LogP contribution < -0.4 is 5.32 Å². The zero-order valence-corrected chi connectivity index (χ0v) is 11.3. The van der Waals surface area contributed by atoms with Crippen molar-refractivity contribution in [1.82, 2.24) is 5.32 Å². The van der Waals surface area contributed by atoms with Crippen LogP contribution in [0, 0.1) is 5.92 Å². The van der Waals surface area contributed by atoms with Crippen LogP contribution in [0.5, 0.6) is 5.75 Å². The minimum atomic E-state index is -0.192. The Morgan fingerprint density at radius 2 is 2.06 bits per heavy atom. The highest BCUT2D eigenvalue weighted by Crippen LogP contribution is 2.16. The van der Waals surface area contributed by atoms with Gasteiger partial charge < -0.3 is 10.4 Å². The molecule has 3 nitrogen and oxygen atoms in total. The number of aromatic hydroxyl groups is 1. The lowest BCUT2D eigenvalue weighted by molar-refractivity contribution is 0.0943. The smallest absolute Gasteiger partial charge is 0.255 e. The van der Waals surface area contributed by atoms with E-state index in [1.165, 1.54) is 18.9 Å². The second-order valence-electron chi connectivity index (χ2n) is 4.64. The first-order chi connectivity index (χ1) is 8.69. The molecule has 2 N–H and O–H groups in total. The third kappa shape index (κ3) is 4.40. The van der Waals surface area contributed by atoms with E-state index in [1.807, 2.05) is 0 Å². The predicted molar refractivity (Wildman–Crippen MR) is 73.7 cm³/mol. The van der Waals surface area contributed by atoms with Gasteiger partial charge in [0.1, 0.15) is 5.75 Å². The minimum absolute atomic E-state index is 0.0385. The van der Waals surface area contributed by atoms with Crippen molar-refractivity contribution in [1.29, 1.82) is 0 Å². The maximum absolute atomic E-state index is 11.9. The molecule has 3 heteroatoms. The first kappa shape index (κ1) is 14.6. The first-order valence-corrected chi connectivity index (χ1v) is 6.75. The van der Waals surface area contributed by atoms with Gasteiger partial charge in [-0.05, 0) is 24.5 Å². The van der Waals surface area contributed by atoms with Crippen LogP contribution in [0.3, 0.4) is 0 Å². The summed E-state index contributed by atoms with van der Waals surface area (Å²) in [6.07, 6.45) is 4.60. The third-order valence-corrected chi connectivity index (χ3v) is 3.24. The van der Waals surface area contributed by atoms with E-state index in [-0.39, 0.29) is 11.7 Å². The van der Waals surface area contributed by atoms with Gasteiger partial charge in [-0.15, -0.1) is 0 Å². The second-order valence-corrected chi connectivity index (χ2v) is 4.64. The van der Waals surface area contributed by atoms with E-state index in [0.29, 0.717) is 18.0 Å². The van der Waals surface area contributed by atoms with Crippen LogP contribution >= 0.6 is 0 Å². The number of amides is 1. The van der Waals surface area contributed by atoms with Crippen molar-refractivity contribution in [2.75, 3.05) is 6.54 Å². The van der Waals surface area contributed by atoms with Gasteiger partial charge in [-0.3, -0.25) is 4.79 Å². The molecule has 0 aliphatic rings. The van der Waals surface area contributed by atoms with Crippen LogP contribution in [0.1, 0.15) is 49.9 Å². The van der Waals surface area contributed by atoms with E-state index < -0.39 is 0 Å². The van der Waals surface area contributed by atoms with E-state index in [1.54, 1.807) is 18.2 Å². The summed E-state index contributed by atoms with van der Waals surface area (Å²) in [5, 5.41) is 12.5. The quantitative estimate of drug-likeness (QED) is 0.778. The normalized spacial score (nSPS) is 12.1. The Kier molecular flexibility index (Phi) is 6.26. The van der Waals surface area contributed by atoms with Crippen molar-refractivity contribution in [3.8, 4) is 5.75 Å². The molecule has 0 saturated carbocycles. The van der Waals surface area contributed by atoms with Gasteiger partial charge in [-0.1, -0.05) is 45.2 Å². The molecule has 1 aromatic carbocycles. The van der Waals surface area contributed by atoms with Crippen LogP contribution in [-0.4, -0.2) is 17.6 Å². The van der Waals surface area contributed by atoms with Crippen molar-refractivity contribution >= 4 is 5.91 Å². The Bertz CT molecular complexity index is 377. The molecule has 100 valence electrons. The summed E-state index contributed by atoms with van der Waals surface area (Å²) in [5.41, 5.74) is 0.350. The standard InChI is InChI=1S/C15H23NO2/c1-3-5-8-12(4-2)11-16-15(18)13-9-6-7-10-14(13)17/h6-7,9-10,12,17H,3-5,8,11H2,1-2H3,(H,16,18)/t12-/m0/s1. The fourth-order valence-electron chi connectivity index (χ4n) is 1.94. The van der Waals surface area contributed by atoms with Crippen LogP contribution in [0.15, 0.2) is 24.3 Å². The van der Waals surface area contributed by atoms with Crippen LogP contribution in [0.4, 0.5) is 0 Å². The van der Waals surface area contributed by atoms with Gasteiger partial charge in [0, 0.05) is 6.54 Å². The van der Waals surface area contributed by atoms with E-state index in [2.05, 4.69) is 19.2 Å². The van der Waals surface area contributed by atoms with Gasteiger partial charge in [0.05, 0.1) is 5.56 Å². The van der Waals surface area contributed by atoms with Crippen LogP contribution in [0.2, 0.25) is 0 Å². The van der Waals surface area contributed by atoms with Crippen LogP contribution in [0.25, 0.3) is 0 Å². The van der Waals surface area contributed by atoms with Crippen molar-refractivity contribution in [2.45, 2.75) is 39.5 Å².